The number of benzene rings is 1. The summed E-state index contributed by atoms with van der Waals surface area (Å²) >= 11 is 0. The lowest BCUT2D eigenvalue weighted by molar-refractivity contribution is -0.384. The van der Waals surface area contributed by atoms with Gasteiger partial charge in [0.25, 0.3) is 5.69 Å². The molecule has 0 radical (unpaired) electrons. The van der Waals surface area contributed by atoms with Gasteiger partial charge in [-0.1, -0.05) is 19.8 Å². The van der Waals surface area contributed by atoms with E-state index in [1.165, 1.54) is 32.3 Å². The number of carbonyl (C=O) groups is 1. The topological polar surface area (TPSA) is 63.5 Å². The molecule has 1 aromatic rings. The third kappa shape index (κ3) is 2.49. The van der Waals surface area contributed by atoms with Crippen molar-refractivity contribution in [3.63, 3.8) is 0 Å². The molecule has 1 saturated heterocycles. The van der Waals surface area contributed by atoms with Crippen LogP contribution in [0.25, 0.3) is 0 Å². The smallest absolute Gasteiger partial charge is 0.293 e. The quantitative estimate of drug-likeness (QED) is 0.484. The molecule has 3 atom stereocenters. The highest BCUT2D eigenvalue weighted by Gasteiger charge is 2.42. The van der Waals surface area contributed by atoms with Crippen molar-refractivity contribution < 1.29 is 9.72 Å². The number of carbonyl (C=O) groups excluding carboxylic acids is 1. The summed E-state index contributed by atoms with van der Waals surface area (Å²) in [4.78, 5) is 24.8. The lowest BCUT2D eigenvalue weighted by atomic mass is 9.80. The molecular formula is C17H22N2O3. The van der Waals surface area contributed by atoms with Gasteiger partial charge in [-0.05, 0) is 43.7 Å². The first-order valence-corrected chi connectivity index (χ1v) is 8.05. The summed E-state index contributed by atoms with van der Waals surface area (Å²) in [5.74, 6) is 1.07. The molecule has 1 aromatic carbocycles. The van der Waals surface area contributed by atoms with Crippen molar-refractivity contribution >= 4 is 17.2 Å². The van der Waals surface area contributed by atoms with Gasteiger partial charge in [0, 0.05) is 24.2 Å². The van der Waals surface area contributed by atoms with E-state index in [4.69, 9.17) is 0 Å². The molecule has 22 heavy (non-hydrogen) atoms. The summed E-state index contributed by atoms with van der Waals surface area (Å²) < 4.78 is 0. The molecule has 1 heterocycles. The third-order valence-corrected chi connectivity index (χ3v) is 5.29. The average molecular weight is 302 g/mol. The highest BCUT2D eigenvalue weighted by atomic mass is 16.6. The summed E-state index contributed by atoms with van der Waals surface area (Å²) in [5.41, 5.74) is 1.14. The highest BCUT2D eigenvalue weighted by Crippen LogP contribution is 2.44. The molecule has 1 aliphatic heterocycles. The van der Waals surface area contributed by atoms with E-state index in [1.54, 1.807) is 12.1 Å². The van der Waals surface area contributed by atoms with E-state index in [0.717, 1.165) is 13.0 Å². The molecule has 2 aliphatic rings. The summed E-state index contributed by atoms with van der Waals surface area (Å²) in [6.45, 7) is 4.56. The molecule has 118 valence electrons. The van der Waals surface area contributed by atoms with Crippen LogP contribution in [0.4, 0.5) is 11.4 Å². The van der Waals surface area contributed by atoms with Gasteiger partial charge >= 0.3 is 0 Å². The highest BCUT2D eigenvalue weighted by molar-refractivity contribution is 5.95. The van der Waals surface area contributed by atoms with Gasteiger partial charge in [-0.15, -0.1) is 0 Å². The van der Waals surface area contributed by atoms with E-state index in [-0.39, 0.29) is 16.4 Å². The number of ketones is 1. The number of anilines is 1. The monoisotopic (exact) mass is 302 g/mol. The van der Waals surface area contributed by atoms with E-state index in [1.807, 2.05) is 0 Å². The molecular weight excluding hydrogens is 280 g/mol. The Morgan fingerprint density at radius 3 is 2.73 bits per heavy atom. The van der Waals surface area contributed by atoms with Gasteiger partial charge in [-0.3, -0.25) is 14.9 Å². The van der Waals surface area contributed by atoms with Crippen molar-refractivity contribution in [3.8, 4) is 0 Å². The van der Waals surface area contributed by atoms with Crippen LogP contribution in [0.15, 0.2) is 18.2 Å². The number of hydrogen-bond donors (Lipinski definition) is 0. The van der Waals surface area contributed by atoms with Crippen LogP contribution < -0.4 is 4.90 Å². The predicted octanol–water partition coefficient (Wildman–Crippen LogP) is 3.81. The van der Waals surface area contributed by atoms with Crippen molar-refractivity contribution in [2.45, 2.75) is 45.6 Å². The molecule has 1 saturated carbocycles. The fourth-order valence-corrected chi connectivity index (χ4v) is 4.18. The zero-order valence-electron chi connectivity index (χ0n) is 13.1. The second-order valence-corrected chi connectivity index (χ2v) is 6.66. The van der Waals surface area contributed by atoms with Gasteiger partial charge < -0.3 is 4.90 Å². The Bertz CT molecular complexity index is 614. The minimum atomic E-state index is -0.359. The maximum Gasteiger partial charge on any atom is 0.293 e. The lowest BCUT2D eigenvalue weighted by Crippen LogP contribution is -2.35. The number of rotatable bonds is 3. The largest absolute Gasteiger partial charge is 0.362 e. The SMILES string of the molecule is CC(=O)c1ccc(N2CC(C)C3CCCCC32)c([N+](=O)[O-])c1. The van der Waals surface area contributed by atoms with Crippen LogP contribution in [-0.2, 0) is 0 Å². The van der Waals surface area contributed by atoms with Crippen molar-refractivity contribution in [3.05, 3.63) is 33.9 Å². The molecule has 5 heteroatoms. The Labute approximate surface area is 130 Å². The van der Waals surface area contributed by atoms with E-state index < -0.39 is 0 Å². The van der Waals surface area contributed by atoms with Gasteiger partial charge in [0.05, 0.1) is 4.92 Å². The molecule has 1 aliphatic carbocycles. The van der Waals surface area contributed by atoms with Gasteiger partial charge in [0.15, 0.2) is 5.78 Å². The number of nitro benzene ring substituents is 1. The molecule has 0 spiro atoms. The molecule has 5 nitrogen and oxygen atoms in total. The third-order valence-electron chi connectivity index (χ3n) is 5.29. The minimum Gasteiger partial charge on any atom is -0.362 e. The number of nitro groups is 1. The second-order valence-electron chi connectivity index (χ2n) is 6.66. The van der Waals surface area contributed by atoms with Crippen molar-refractivity contribution in [2.75, 3.05) is 11.4 Å². The Morgan fingerprint density at radius 2 is 2.05 bits per heavy atom. The molecule has 3 unspecified atom stereocenters. The average Bonchev–Trinajstić information content (AvgIpc) is 2.84. The van der Waals surface area contributed by atoms with Gasteiger partial charge in [0.2, 0.25) is 0 Å². The molecule has 0 amide bonds. The Balaban J connectivity index is 2.00. The summed E-state index contributed by atoms with van der Waals surface area (Å²) in [6, 6.07) is 5.31. The maximum absolute atomic E-state index is 11.5. The van der Waals surface area contributed by atoms with Gasteiger partial charge in [0.1, 0.15) is 5.69 Å². The van der Waals surface area contributed by atoms with E-state index in [0.29, 0.717) is 29.1 Å². The van der Waals surface area contributed by atoms with Crippen LogP contribution in [0.3, 0.4) is 0 Å². The van der Waals surface area contributed by atoms with E-state index >= 15 is 0 Å². The maximum atomic E-state index is 11.5. The van der Waals surface area contributed by atoms with Crippen molar-refractivity contribution in [2.24, 2.45) is 11.8 Å². The lowest BCUT2D eigenvalue weighted by Gasteiger charge is -2.33. The van der Waals surface area contributed by atoms with Gasteiger partial charge in [-0.2, -0.15) is 0 Å². The summed E-state index contributed by atoms with van der Waals surface area (Å²) in [5, 5.41) is 11.5. The molecule has 2 fully saturated rings. The number of nitrogens with zero attached hydrogens (tertiary/aromatic N) is 2. The van der Waals surface area contributed by atoms with Crippen LogP contribution in [0.5, 0.6) is 0 Å². The first kappa shape index (κ1) is 15.0. The van der Waals surface area contributed by atoms with E-state index in [9.17, 15) is 14.9 Å². The number of fused-ring (bicyclic) bond motifs is 1. The van der Waals surface area contributed by atoms with E-state index in [2.05, 4.69) is 11.8 Å². The Kier molecular flexibility index (Phi) is 3.89. The first-order valence-electron chi connectivity index (χ1n) is 8.05. The van der Waals surface area contributed by atoms with Crippen LogP contribution in [0.2, 0.25) is 0 Å². The van der Waals surface area contributed by atoms with Crippen LogP contribution in [-0.4, -0.2) is 23.3 Å². The van der Waals surface area contributed by atoms with Crippen molar-refractivity contribution in [1.82, 2.24) is 0 Å². The number of Topliss-reactive ketones (excluding diaryl/α,β-unsaturated/α-hetero) is 1. The molecule has 0 bridgehead atoms. The van der Waals surface area contributed by atoms with Gasteiger partial charge in [-0.25, -0.2) is 0 Å². The fraction of sp³-hybridized carbons (Fsp3) is 0.588. The Morgan fingerprint density at radius 1 is 1.32 bits per heavy atom. The Hall–Kier alpha value is -1.91. The normalized spacial score (nSPS) is 27.5. The zero-order chi connectivity index (χ0) is 15.9. The second kappa shape index (κ2) is 5.71. The fourth-order valence-electron chi connectivity index (χ4n) is 4.18. The summed E-state index contributed by atoms with van der Waals surface area (Å²) in [6.07, 6.45) is 4.80. The standard InChI is InChI=1S/C17H22N2O3/c1-11-10-18(15-6-4-3-5-14(11)15)16-8-7-13(12(2)20)9-17(16)19(21)22/h7-9,11,14-15H,3-6,10H2,1-2H3. The molecule has 3 rings (SSSR count). The predicted molar refractivity (Wildman–Crippen MR) is 85.4 cm³/mol. The zero-order valence-corrected chi connectivity index (χ0v) is 13.1. The molecule has 0 aromatic heterocycles. The first-order chi connectivity index (χ1) is 10.5. The minimum absolute atomic E-state index is 0.0612. The molecule has 0 N–H and O–H groups in total. The van der Waals surface area contributed by atoms with Crippen molar-refractivity contribution in [1.29, 1.82) is 0 Å². The van der Waals surface area contributed by atoms with Crippen LogP contribution >= 0.6 is 0 Å². The van der Waals surface area contributed by atoms with Crippen LogP contribution in [0, 0.1) is 22.0 Å². The van der Waals surface area contributed by atoms with Crippen LogP contribution in [0.1, 0.15) is 49.9 Å². The summed E-state index contributed by atoms with van der Waals surface area (Å²) in [7, 11) is 0. The number of hydrogen-bond acceptors (Lipinski definition) is 4.